The molecule has 1 atom stereocenters. The van der Waals surface area contributed by atoms with Crippen molar-refractivity contribution in [3.63, 3.8) is 0 Å². The lowest BCUT2D eigenvalue weighted by Gasteiger charge is -2.34. The normalized spacial score (nSPS) is 17.9. The zero-order chi connectivity index (χ0) is 20.9. The third-order valence-corrected chi connectivity index (χ3v) is 4.70. The number of hydrogen-bond donors (Lipinski definition) is 1. The average molecular weight is 414 g/mol. The van der Waals surface area contributed by atoms with Gasteiger partial charge in [-0.2, -0.15) is 0 Å². The fraction of sp³-hybridized carbons (Fsp3) is 0.600. The number of rotatable bonds is 5. The summed E-state index contributed by atoms with van der Waals surface area (Å²) in [6, 6.07) is 4.10. The monoisotopic (exact) mass is 413 g/mol. The van der Waals surface area contributed by atoms with Gasteiger partial charge in [-0.25, -0.2) is 9.18 Å². The van der Waals surface area contributed by atoms with Crippen molar-refractivity contribution < 1.29 is 18.7 Å². The largest absolute Gasteiger partial charge is 0.444 e. The second-order valence-corrected chi connectivity index (χ2v) is 8.69. The molecule has 2 rings (SSSR count). The number of halogens is 2. The molecule has 28 heavy (non-hydrogen) atoms. The predicted octanol–water partition coefficient (Wildman–Crippen LogP) is 4.00. The topological polar surface area (TPSA) is 61.9 Å². The number of benzene rings is 1. The summed E-state index contributed by atoms with van der Waals surface area (Å²) in [5, 5.41) is 2.71. The van der Waals surface area contributed by atoms with Crippen molar-refractivity contribution in [1.29, 1.82) is 0 Å². The van der Waals surface area contributed by atoms with Gasteiger partial charge in [-0.05, 0) is 64.3 Å². The molecular weight excluding hydrogens is 385 g/mol. The number of hydrogen-bond acceptors (Lipinski definition) is 4. The lowest BCUT2D eigenvalue weighted by molar-refractivity contribution is -0.117. The Hall–Kier alpha value is -1.86. The molecule has 8 heteroatoms. The smallest absolute Gasteiger partial charge is 0.410 e. The standard InChI is InChI=1S/C20H29ClFN3O3/c1-20(2,3)28-19(27)24(4)11-14-6-5-9-25(12-14)13-18(26)23-15-7-8-17(22)16(21)10-15/h7-8,10,14H,5-6,9,11-13H2,1-4H3,(H,23,26)/t14-/m0/s1. The van der Waals surface area contributed by atoms with E-state index in [1.54, 1.807) is 11.9 Å². The van der Waals surface area contributed by atoms with Gasteiger partial charge in [0.25, 0.3) is 0 Å². The minimum atomic E-state index is -0.523. The molecule has 1 fully saturated rings. The average Bonchev–Trinajstić information content (AvgIpc) is 2.57. The van der Waals surface area contributed by atoms with E-state index in [0.29, 0.717) is 12.2 Å². The quantitative estimate of drug-likeness (QED) is 0.792. The second kappa shape index (κ2) is 9.56. The molecule has 0 bridgehead atoms. The van der Waals surface area contributed by atoms with Gasteiger partial charge < -0.3 is 15.0 Å². The Morgan fingerprint density at radius 3 is 2.75 bits per heavy atom. The number of carbonyl (C=O) groups excluding carboxylic acids is 2. The van der Waals surface area contributed by atoms with E-state index in [0.717, 1.165) is 25.9 Å². The van der Waals surface area contributed by atoms with Gasteiger partial charge in [-0.3, -0.25) is 9.69 Å². The molecule has 0 aliphatic carbocycles. The van der Waals surface area contributed by atoms with E-state index in [4.69, 9.17) is 16.3 Å². The van der Waals surface area contributed by atoms with E-state index in [9.17, 15) is 14.0 Å². The molecule has 156 valence electrons. The van der Waals surface area contributed by atoms with Crippen LogP contribution in [-0.4, -0.2) is 60.6 Å². The van der Waals surface area contributed by atoms with Crippen molar-refractivity contribution in [3.8, 4) is 0 Å². The van der Waals surface area contributed by atoms with Crippen molar-refractivity contribution >= 4 is 29.3 Å². The maximum atomic E-state index is 13.2. The maximum Gasteiger partial charge on any atom is 0.410 e. The third-order valence-electron chi connectivity index (χ3n) is 4.41. The molecule has 0 aromatic heterocycles. The molecule has 1 saturated heterocycles. The van der Waals surface area contributed by atoms with Gasteiger partial charge in [-0.1, -0.05) is 11.6 Å². The first-order chi connectivity index (χ1) is 13.0. The summed E-state index contributed by atoms with van der Waals surface area (Å²) in [6.45, 7) is 7.90. The van der Waals surface area contributed by atoms with E-state index < -0.39 is 11.4 Å². The summed E-state index contributed by atoms with van der Waals surface area (Å²) in [7, 11) is 1.73. The van der Waals surface area contributed by atoms with Crippen LogP contribution in [0.5, 0.6) is 0 Å². The maximum absolute atomic E-state index is 13.2. The van der Waals surface area contributed by atoms with Crippen molar-refractivity contribution in [2.45, 2.75) is 39.2 Å². The lowest BCUT2D eigenvalue weighted by Crippen LogP contribution is -2.45. The Morgan fingerprint density at radius 1 is 1.39 bits per heavy atom. The van der Waals surface area contributed by atoms with Gasteiger partial charge in [0.15, 0.2) is 0 Å². The van der Waals surface area contributed by atoms with E-state index in [-0.39, 0.29) is 29.5 Å². The zero-order valence-corrected chi connectivity index (χ0v) is 17.7. The Kier molecular flexibility index (Phi) is 7.66. The molecule has 1 aromatic rings. The molecule has 2 amide bonds. The van der Waals surface area contributed by atoms with Crippen molar-refractivity contribution in [2.75, 3.05) is 38.5 Å². The summed E-state index contributed by atoms with van der Waals surface area (Å²) in [5.74, 6) is -0.421. The Labute approximate surface area is 171 Å². The molecule has 1 aromatic carbocycles. The van der Waals surface area contributed by atoms with E-state index in [1.165, 1.54) is 18.2 Å². The van der Waals surface area contributed by atoms with Crippen LogP contribution in [0, 0.1) is 11.7 Å². The Morgan fingerprint density at radius 2 is 2.11 bits per heavy atom. The molecule has 1 heterocycles. The van der Waals surface area contributed by atoms with E-state index >= 15 is 0 Å². The molecule has 1 aliphatic heterocycles. The molecular formula is C20H29ClFN3O3. The highest BCUT2D eigenvalue weighted by Gasteiger charge is 2.26. The minimum Gasteiger partial charge on any atom is -0.444 e. The van der Waals surface area contributed by atoms with Crippen LogP contribution in [0.25, 0.3) is 0 Å². The molecule has 6 nitrogen and oxygen atoms in total. The molecule has 1 N–H and O–H groups in total. The molecule has 1 aliphatic rings. The summed E-state index contributed by atoms with van der Waals surface area (Å²) in [4.78, 5) is 28.1. The zero-order valence-electron chi connectivity index (χ0n) is 16.9. The molecule has 0 saturated carbocycles. The van der Waals surface area contributed by atoms with Gasteiger partial charge in [0.1, 0.15) is 11.4 Å². The fourth-order valence-electron chi connectivity index (χ4n) is 3.22. The number of anilines is 1. The first kappa shape index (κ1) is 22.4. The fourth-order valence-corrected chi connectivity index (χ4v) is 3.40. The van der Waals surface area contributed by atoms with Crippen LogP contribution in [0.2, 0.25) is 5.02 Å². The summed E-state index contributed by atoms with van der Waals surface area (Å²) in [6.07, 6.45) is 1.62. The highest BCUT2D eigenvalue weighted by Crippen LogP contribution is 2.21. The van der Waals surface area contributed by atoms with Gasteiger partial charge in [0.2, 0.25) is 5.91 Å². The molecule has 0 radical (unpaired) electrons. The van der Waals surface area contributed by atoms with Gasteiger partial charge >= 0.3 is 6.09 Å². The number of likely N-dealkylation sites (tertiary alicyclic amines) is 1. The Bertz CT molecular complexity index is 708. The van der Waals surface area contributed by atoms with Gasteiger partial charge in [-0.15, -0.1) is 0 Å². The van der Waals surface area contributed by atoms with Crippen LogP contribution in [-0.2, 0) is 9.53 Å². The van der Waals surface area contributed by atoms with Gasteiger partial charge in [0.05, 0.1) is 11.6 Å². The lowest BCUT2D eigenvalue weighted by atomic mass is 9.97. The number of nitrogens with zero attached hydrogens (tertiary/aromatic N) is 2. The Balaban J connectivity index is 1.82. The summed E-state index contributed by atoms with van der Waals surface area (Å²) in [5.41, 5.74) is -0.0553. The van der Waals surface area contributed by atoms with Crippen molar-refractivity contribution in [3.05, 3.63) is 29.0 Å². The first-order valence-electron chi connectivity index (χ1n) is 9.45. The van der Waals surface area contributed by atoms with E-state index in [1.807, 2.05) is 20.8 Å². The number of nitrogens with one attached hydrogen (secondary N) is 1. The number of piperidine rings is 1. The van der Waals surface area contributed by atoms with Crippen LogP contribution in [0.1, 0.15) is 33.6 Å². The SMILES string of the molecule is CN(C[C@@H]1CCCN(CC(=O)Nc2ccc(F)c(Cl)c2)C1)C(=O)OC(C)(C)C. The van der Waals surface area contributed by atoms with Crippen LogP contribution in [0.15, 0.2) is 18.2 Å². The van der Waals surface area contributed by atoms with Crippen molar-refractivity contribution in [2.24, 2.45) is 5.92 Å². The van der Waals surface area contributed by atoms with Crippen LogP contribution < -0.4 is 5.32 Å². The summed E-state index contributed by atoms with van der Waals surface area (Å²) >= 11 is 5.74. The molecule has 0 unspecified atom stereocenters. The van der Waals surface area contributed by atoms with Crippen LogP contribution >= 0.6 is 11.6 Å². The van der Waals surface area contributed by atoms with Crippen LogP contribution in [0.4, 0.5) is 14.9 Å². The van der Waals surface area contributed by atoms with Crippen molar-refractivity contribution in [1.82, 2.24) is 9.80 Å². The minimum absolute atomic E-state index is 0.0268. The third kappa shape index (κ3) is 7.28. The predicted molar refractivity (Wildman–Crippen MR) is 108 cm³/mol. The second-order valence-electron chi connectivity index (χ2n) is 8.28. The first-order valence-corrected chi connectivity index (χ1v) is 9.82. The number of ether oxygens (including phenoxy) is 1. The number of carbonyl (C=O) groups is 2. The van der Waals surface area contributed by atoms with E-state index in [2.05, 4.69) is 10.2 Å². The molecule has 0 spiro atoms. The van der Waals surface area contributed by atoms with Crippen LogP contribution in [0.3, 0.4) is 0 Å². The summed E-state index contributed by atoms with van der Waals surface area (Å²) < 4.78 is 18.6. The van der Waals surface area contributed by atoms with Gasteiger partial charge in [0, 0.05) is 25.8 Å². The highest BCUT2D eigenvalue weighted by atomic mass is 35.5. The number of amides is 2. The highest BCUT2D eigenvalue weighted by molar-refractivity contribution is 6.31.